The molecule has 2 atom stereocenters. The molecular formula is C18H31BN4O4. The topological polar surface area (TPSA) is 65.6 Å². The van der Waals surface area contributed by atoms with Gasteiger partial charge in [0.1, 0.15) is 0 Å². The number of carbonyl (C=O) groups is 2. The molecule has 0 bridgehead atoms. The summed E-state index contributed by atoms with van der Waals surface area (Å²) in [6, 6.07) is 0.270. The molecule has 0 radical (unpaired) electrons. The van der Waals surface area contributed by atoms with Crippen LogP contribution < -0.4 is 0 Å². The molecule has 4 aliphatic rings. The van der Waals surface area contributed by atoms with Gasteiger partial charge < -0.3 is 28.9 Å². The van der Waals surface area contributed by atoms with Gasteiger partial charge in [0.2, 0.25) is 0 Å². The first-order valence-electron chi connectivity index (χ1n) is 10.0. The first-order chi connectivity index (χ1) is 12.6. The van der Waals surface area contributed by atoms with Gasteiger partial charge in [0.25, 0.3) is 0 Å². The summed E-state index contributed by atoms with van der Waals surface area (Å²) in [6.07, 6.45) is 0.896. The number of carbonyl (C=O) groups excluding carboxylic acids is 2. The SMILES string of the molecule is CN1CC2CN(C(=O)N3CCC(B4OC(C)(C)C(C)(C)O4)C3)CCN2C1=O. The maximum absolute atomic E-state index is 13.0. The van der Waals surface area contributed by atoms with E-state index in [2.05, 4.69) is 27.7 Å². The van der Waals surface area contributed by atoms with Crippen LogP contribution in [0.2, 0.25) is 5.82 Å². The maximum atomic E-state index is 13.0. The van der Waals surface area contributed by atoms with Gasteiger partial charge in [-0.2, -0.15) is 0 Å². The lowest BCUT2D eigenvalue weighted by atomic mass is 9.71. The molecule has 4 rings (SSSR count). The van der Waals surface area contributed by atoms with E-state index in [0.29, 0.717) is 32.7 Å². The zero-order valence-corrected chi connectivity index (χ0v) is 17.1. The smallest absolute Gasteiger partial charge is 0.403 e. The quantitative estimate of drug-likeness (QED) is 0.646. The van der Waals surface area contributed by atoms with Crippen LogP contribution in [-0.2, 0) is 9.31 Å². The Bertz CT molecular complexity index is 627. The largest absolute Gasteiger partial charge is 0.463 e. The summed E-state index contributed by atoms with van der Waals surface area (Å²) in [5.41, 5.74) is -0.682. The molecule has 4 heterocycles. The van der Waals surface area contributed by atoms with Gasteiger partial charge >= 0.3 is 19.2 Å². The molecule has 4 aliphatic heterocycles. The molecular weight excluding hydrogens is 347 g/mol. The van der Waals surface area contributed by atoms with E-state index in [1.807, 2.05) is 21.7 Å². The van der Waals surface area contributed by atoms with E-state index in [1.165, 1.54) is 0 Å². The van der Waals surface area contributed by atoms with Gasteiger partial charge in [0.15, 0.2) is 0 Å². The first-order valence-corrected chi connectivity index (χ1v) is 10.0. The lowest BCUT2D eigenvalue weighted by Gasteiger charge is -2.38. The highest BCUT2D eigenvalue weighted by molar-refractivity contribution is 6.47. The van der Waals surface area contributed by atoms with Crippen LogP contribution in [0.3, 0.4) is 0 Å². The lowest BCUT2D eigenvalue weighted by Crippen LogP contribution is -2.56. The van der Waals surface area contributed by atoms with Crippen molar-refractivity contribution in [1.29, 1.82) is 0 Å². The molecule has 27 heavy (non-hydrogen) atoms. The molecule has 0 aromatic heterocycles. The molecule has 0 spiro atoms. The number of hydrogen-bond donors (Lipinski definition) is 0. The average Bonchev–Trinajstić information content (AvgIpc) is 3.24. The lowest BCUT2D eigenvalue weighted by molar-refractivity contribution is 0.00578. The summed E-state index contributed by atoms with van der Waals surface area (Å²) in [6.45, 7) is 12.2. The van der Waals surface area contributed by atoms with Crippen LogP contribution in [0, 0.1) is 0 Å². The number of rotatable bonds is 1. The monoisotopic (exact) mass is 378 g/mol. The van der Waals surface area contributed by atoms with Crippen molar-refractivity contribution in [2.75, 3.05) is 46.3 Å². The number of likely N-dealkylation sites (N-methyl/N-ethyl adjacent to an activating group) is 1. The molecule has 2 unspecified atom stereocenters. The second kappa shape index (κ2) is 6.27. The zero-order chi connectivity index (χ0) is 19.6. The van der Waals surface area contributed by atoms with Crippen molar-refractivity contribution >= 4 is 19.2 Å². The first kappa shape index (κ1) is 18.9. The van der Waals surface area contributed by atoms with Crippen molar-refractivity contribution in [3.05, 3.63) is 0 Å². The Labute approximate surface area is 161 Å². The predicted octanol–water partition coefficient (Wildman–Crippen LogP) is 1.33. The van der Waals surface area contributed by atoms with Crippen molar-refractivity contribution in [1.82, 2.24) is 19.6 Å². The van der Waals surface area contributed by atoms with Crippen LogP contribution in [0.15, 0.2) is 0 Å². The Balaban J connectivity index is 1.35. The van der Waals surface area contributed by atoms with Crippen molar-refractivity contribution in [3.8, 4) is 0 Å². The molecule has 0 aromatic rings. The highest BCUT2D eigenvalue weighted by atomic mass is 16.7. The minimum atomic E-state index is -0.341. The fourth-order valence-corrected chi connectivity index (χ4v) is 4.51. The van der Waals surface area contributed by atoms with Crippen LogP contribution >= 0.6 is 0 Å². The summed E-state index contributed by atoms with van der Waals surface area (Å²) >= 11 is 0. The minimum absolute atomic E-state index is 0.0779. The van der Waals surface area contributed by atoms with Gasteiger partial charge in [-0.25, -0.2) is 9.59 Å². The third-order valence-corrected chi connectivity index (χ3v) is 6.96. The summed E-state index contributed by atoms with van der Waals surface area (Å²) in [4.78, 5) is 32.6. The van der Waals surface area contributed by atoms with E-state index in [0.717, 1.165) is 13.0 Å². The molecule has 4 saturated heterocycles. The number of urea groups is 2. The van der Waals surface area contributed by atoms with Gasteiger partial charge in [-0.1, -0.05) is 0 Å². The van der Waals surface area contributed by atoms with E-state index in [9.17, 15) is 9.59 Å². The van der Waals surface area contributed by atoms with E-state index in [1.54, 1.807) is 4.90 Å². The Kier molecular flexibility index (Phi) is 4.38. The molecule has 9 heteroatoms. The minimum Gasteiger partial charge on any atom is -0.403 e. The van der Waals surface area contributed by atoms with Crippen LogP contribution in [0.4, 0.5) is 9.59 Å². The molecule has 0 aliphatic carbocycles. The molecule has 0 N–H and O–H groups in total. The maximum Gasteiger partial charge on any atom is 0.463 e. The number of likely N-dealkylation sites (tertiary alicyclic amines) is 1. The van der Waals surface area contributed by atoms with Gasteiger partial charge in [-0.3, -0.25) is 0 Å². The van der Waals surface area contributed by atoms with Crippen LogP contribution in [-0.4, -0.2) is 102 Å². The highest BCUT2D eigenvalue weighted by Gasteiger charge is 2.55. The Morgan fingerprint density at radius 2 is 1.63 bits per heavy atom. The third-order valence-electron chi connectivity index (χ3n) is 6.96. The van der Waals surface area contributed by atoms with Crippen molar-refractivity contribution < 1.29 is 18.9 Å². The van der Waals surface area contributed by atoms with Gasteiger partial charge in [-0.05, 0) is 34.1 Å². The van der Waals surface area contributed by atoms with Crippen molar-refractivity contribution in [2.45, 2.75) is 57.2 Å². The van der Waals surface area contributed by atoms with Crippen molar-refractivity contribution in [2.24, 2.45) is 0 Å². The molecule has 0 saturated carbocycles. The van der Waals surface area contributed by atoms with E-state index >= 15 is 0 Å². The van der Waals surface area contributed by atoms with Crippen LogP contribution in [0.5, 0.6) is 0 Å². The fraction of sp³-hybridized carbons (Fsp3) is 0.889. The standard InChI is InChI=1S/C18H31BN4O4/c1-17(2)18(3,4)27-19(26-17)13-6-7-21(10-13)16(25)22-8-9-23-14(12-22)11-20(5)15(23)24/h13-14H,6-12H2,1-5H3. The van der Waals surface area contributed by atoms with E-state index in [4.69, 9.17) is 9.31 Å². The zero-order valence-electron chi connectivity index (χ0n) is 17.1. The van der Waals surface area contributed by atoms with Gasteiger partial charge in [-0.15, -0.1) is 0 Å². The van der Waals surface area contributed by atoms with Crippen LogP contribution in [0.1, 0.15) is 34.1 Å². The number of piperazine rings is 1. The predicted molar refractivity (Wildman–Crippen MR) is 102 cm³/mol. The highest BCUT2D eigenvalue weighted by Crippen LogP contribution is 2.42. The van der Waals surface area contributed by atoms with E-state index < -0.39 is 0 Å². The summed E-state index contributed by atoms with van der Waals surface area (Å²) < 4.78 is 12.4. The number of hydrogen-bond acceptors (Lipinski definition) is 4. The van der Waals surface area contributed by atoms with Crippen LogP contribution in [0.25, 0.3) is 0 Å². The molecule has 4 fully saturated rings. The summed E-state index contributed by atoms with van der Waals surface area (Å²) in [5, 5.41) is 0. The Hall–Kier alpha value is -1.48. The van der Waals surface area contributed by atoms with E-state index in [-0.39, 0.29) is 42.2 Å². The van der Waals surface area contributed by atoms with Gasteiger partial charge in [0, 0.05) is 52.1 Å². The average molecular weight is 378 g/mol. The molecule has 4 amide bonds. The number of fused-ring (bicyclic) bond motifs is 1. The molecule has 0 aromatic carbocycles. The Morgan fingerprint density at radius 1 is 1.00 bits per heavy atom. The van der Waals surface area contributed by atoms with Gasteiger partial charge in [0.05, 0.1) is 17.2 Å². The number of nitrogens with zero attached hydrogens (tertiary/aromatic N) is 4. The molecule has 150 valence electrons. The third kappa shape index (κ3) is 3.08. The van der Waals surface area contributed by atoms with Crippen molar-refractivity contribution in [3.63, 3.8) is 0 Å². The summed E-state index contributed by atoms with van der Waals surface area (Å²) in [5.74, 6) is 0.204. The number of amides is 4. The normalized spacial score (nSPS) is 32.5. The fourth-order valence-electron chi connectivity index (χ4n) is 4.51. The Morgan fingerprint density at radius 3 is 2.30 bits per heavy atom. The second-order valence-corrected chi connectivity index (χ2v) is 9.36. The second-order valence-electron chi connectivity index (χ2n) is 9.36. The summed E-state index contributed by atoms with van der Waals surface area (Å²) in [7, 11) is 1.56. The molecule has 8 nitrogen and oxygen atoms in total.